The molecule has 0 aromatic heterocycles. The highest BCUT2D eigenvalue weighted by molar-refractivity contribution is 5.90. The molecule has 1 heterocycles. The zero-order chi connectivity index (χ0) is 15.9. The second-order valence-corrected chi connectivity index (χ2v) is 5.25. The molecule has 6 nitrogen and oxygen atoms in total. The van der Waals surface area contributed by atoms with Gasteiger partial charge in [0.25, 0.3) is 0 Å². The second kappa shape index (κ2) is 7.68. The van der Waals surface area contributed by atoms with E-state index < -0.39 is 0 Å². The summed E-state index contributed by atoms with van der Waals surface area (Å²) >= 11 is 0. The maximum atomic E-state index is 11.9. The molecule has 0 unspecified atom stereocenters. The van der Waals surface area contributed by atoms with Gasteiger partial charge in [0.2, 0.25) is 0 Å². The van der Waals surface area contributed by atoms with Crippen LogP contribution in [0.5, 0.6) is 0 Å². The quantitative estimate of drug-likeness (QED) is 0.860. The van der Waals surface area contributed by atoms with Gasteiger partial charge in [-0.2, -0.15) is 0 Å². The SMILES string of the molecule is CCCNC(=O)N1CCN(c2cccc(C(=O)OC)c2)CC1. The number of ether oxygens (including phenoxy) is 1. The Balaban J connectivity index is 1.94. The zero-order valence-electron chi connectivity index (χ0n) is 13.2. The second-order valence-electron chi connectivity index (χ2n) is 5.25. The summed E-state index contributed by atoms with van der Waals surface area (Å²) in [6.45, 7) is 5.61. The molecule has 1 fully saturated rings. The minimum absolute atomic E-state index is 0.00446. The van der Waals surface area contributed by atoms with Gasteiger partial charge in [0.05, 0.1) is 12.7 Å². The molecule has 22 heavy (non-hydrogen) atoms. The normalized spacial score (nSPS) is 14.6. The van der Waals surface area contributed by atoms with Crippen molar-refractivity contribution in [1.29, 1.82) is 0 Å². The number of nitrogens with one attached hydrogen (secondary N) is 1. The molecule has 2 amide bonds. The molecule has 1 aliphatic heterocycles. The van der Waals surface area contributed by atoms with E-state index in [2.05, 4.69) is 10.2 Å². The Hall–Kier alpha value is -2.24. The number of methoxy groups -OCH3 is 1. The number of anilines is 1. The smallest absolute Gasteiger partial charge is 0.337 e. The summed E-state index contributed by atoms with van der Waals surface area (Å²) in [5.74, 6) is -0.334. The van der Waals surface area contributed by atoms with E-state index >= 15 is 0 Å². The highest BCUT2D eigenvalue weighted by atomic mass is 16.5. The van der Waals surface area contributed by atoms with Crippen LogP contribution in [-0.4, -0.2) is 56.7 Å². The Labute approximate surface area is 131 Å². The van der Waals surface area contributed by atoms with Crippen LogP contribution in [-0.2, 0) is 4.74 Å². The molecular weight excluding hydrogens is 282 g/mol. The van der Waals surface area contributed by atoms with Crippen LogP contribution in [0.2, 0.25) is 0 Å². The van der Waals surface area contributed by atoms with E-state index in [1.54, 1.807) is 6.07 Å². The monoisotopic (exact) mass is 305 g/mol. The van der Waals surface area contributed by atoms with Crippen LogP contribution in [0.25, 0.3) is 0 Å². The fourth-order valence-corrected chi connectivity index (χ4v) is 2.46. The molecule has 0 bridgehead atoms. The van der Waals surface area contributed by atoms with Gasteiger partial charge in [-0.3, -0.25) is 0 Å². The predicted octanol–water partition coefficient (Wildman–Crippen LogP) is 1.71. The molecular formula is C16H23N3O3. The highest BCUT2D eigenvalue weighted by Gasteiger charge is 2.21. The maximum Gasteiger partial charge on any atom is 0.337 e. The van der Waals surface area contributed by atoms with Gasteiger partial charge >= 0.3 is 12.0 Å². The minimum atomic E-state index is -0.334. The van der Waals surface area contributed by atoms with Crippen LogP contribution in [0.1, 0.15) is 23.7 Å². The molecule has 0 atom stereocenters. The van der Waals surface area contributed by atoms with E-state index in [1.165, 1.54) is 7.11 Å². The lowest BCUT2D eigenvalue weighted by atomic mass is 10.1. The fraction of sp³-hybridized carbons (Fsp3) is 0.500. The van der Waals surface area contributed by atoms with Gasteiger partial charge in [-0.15, -0.1) is 0 Å². The van der Waals surface area contributed by atoms with Crippen molar-refractivity contribution in [2.75, 3.05) is 44.7 Å². The van der Waals surface area contributed by atoms with Gasteiger partial charge in [0, 0.05) is 38.4 Å². The number of rotatable bonds is 4. The summed E-state index contributed by atoms with van der Waals surface area (Å²) in [6.07, 6.45) is 0.937. The van der Waals surface area contributed by atoms with E-state index in [-0.39, 0.29) is 12.0 Å². The van der Waals surface area contributed by atoms with Crippen LogP contribution in [0.3, 0.4) is 0 Å². The van der Waals surface area contributed by atoms with Crippen LogP contribution >= 0.6 is 0 Å². The summed E-state index contributed by atoms with van der Waals surface area (Å²) in [5, 5.41) is 2.90. The maximum absolute atomic E-state index is 11.9. The van der Waals surface area contributed by atoms with Crippen molar-refractivity contribution in [1.82, 2.24) is 10.2 Å². The Morgan fingerprint density at radius 2 is 1.95 bits per heavy atom. The molecule has 120 valence electrons. The van der Waals surface area contributed by atoms with E-state index in [0.717, 1.165) is 25.2 Å². The number of carbonyl (C=O) groups excluding carboxylic acids is 2. The molecule has 1 aromatic carbocycles. The number of piperazine rings is 1. The number of carbonyl (C=O) groups is 2. The molecule has 1 saturated heterocycles. The number of hydrogen-bond donors (Lipinski definition) is 1. The molecule has 0 aliphatic carbocycles. The third-order valence-corrected chi connectivity index (χ3v) is 3.73. The van der Waals surface area contributed by atoms with Gasteiger partial charge in [-0.25, -0.2) is 9.59 Å². The summed E-state index contributed by atoms with van der Waals surface area (Å²) < 4.78 is 4.75. The van der Waals surface area contributed by atoms with Crippen LogP contribution < -0.4 is 10.2 Å². The van der Waals surface area contributed by atoms with Crippen molar-refractivity contribution in [3.05, 3.63) is 29.8 Å². The number of amides is 2. The fourth-order valence-electron chi connectivity index (χ4n) is 2.46. The standard InChI is InChI=1S/C16H23N3O3/c1-3-7-17-16(21)19-10-8-18(9-11-19)14-6-4-5-13(12-14)15(20)22-2/h4-6,12H,3,7-11H2,1-2H3,(H,17,21). The van der Waals surface area contributed by atoms with E-state index in [9.17, 15) is 9.59 Å². The van der Waals surface area contributed by atoms with Gasteiger partial charge in [-0.1, -0.05) is 13.0 Å². The lowest BCUT2D eigenvalue weighted by Crippen LogP contribution is -2.52. The van der Waals surface area contributed by atoms with Crippen LogP contribution in [0.15, 0.2) is 24.3 Å². The average Bonchev–Trinajstić information content (AvgIpc) is 2.59. The molecule has 6 heteroatoms. The third kappa shape index (κ3) is 3.90. The Bertz CT molecular complexity index is 525. The number of benzene rings is 1. The first-order valence-corrected chi connectivity index (χ1v) is 7.61. The van der Waals surface area contributed by atoms with E-state index in [0.29, 0.717) is 25.2 Å². The van der Waals surface area contributed by atoms with Gasteiger partial charge < -0.3 is 19.9 Å². The van der Waals surface area contributed by atoms with Gasteiger partial charge in [-0.05, 0) is 24.6 Å². The zero-order valence-corrected chi connectivity index (χ0v) is 13.2. The molecule has 1 aromatic rings. The third-order valence-electron chi connectivity index (χ3n) is 3.73. The Morgan fingerprint density at radius 1 is 1.23 bits per heavy atom. The van der Waals surface area contributed by atoms with Crippen molar-refractivity contribution in [2.45, 2.75) is 13.3 Å². The Kier molecular flexibility index (Phi) is 5.63. The lowest BCUT2D eigenvalue weighted by Gasteiger charge is -2.36. The van der Waals surface area contributed by atoms with Gasteiger partial charge in [0.15, 0.2) is 0 Å². The van der Waals surface area contributed by atoms with E-state index in [4.69, 9.17) is 4.74 Å². The Morgan fingerprint density at radius 3 is 2.59 bits per heavy atom. The number of urea groups is 1. The summed E-state index contributed by atoms with van der Waals surface area (Å²) in [5.41, 5.74) is 1.53. The van der Waals surface area contributed by atoms with Crippen LogP contribution in [0, 0.1) is 0 Å². The first-order chi connectivity index (χ1) is 10.7. The largest absolute Gasteiger partial charge is 0.465 e. The first kappa shape index (κ1) is 16.1. The van der Waals surface area contributed by atoms with Crippen LogP contribution in [0.4, 0.5) is 10.5 Å². The molecule has 0 spiro atoms. The van der Waals surface area contributed by atoms with Crippen molar-refractivity contribution < 1.29 is 14.3 Å². The lowest BCUT2D eigenvalue weighted by molar-refractivity contribution is 0.0600. The summed E-state index contributed by atoms with van der Waals surface area (Å²) in [7, 11) is 1.38. The minimum Gasteiger partial charge on any atom is -0.465 e. The van der Waals surface area contributed by atoms with Gasteiger partial charge in [0.1, 0.15) is 0 Å². The molecule has 0 saturated carbocycles. The molecule has 2 rings (SSSR count). The average molecular weight is 305 g/mol. The number of esters is 1. The summed E-state index contributed by atoms with van der Waals surface area (Å²) in [6, 6.07) is 7.40. The highest BCUT2D eigenvalue weighted by Crippen LogP contribution is 2.18. The predicted molar refractivity (Wildman–Crippen MR) is 85.3 cm³/mol. The van der Waals surface area contributed by atoms with Crippen molar-refractivity contribution >= 4 is 17.7 Å². The van der Waals surface area contributed by atoms with Crippen molar-refractivity contribution in [3.63, 3.8) is 0 Å². The molecule has 0 radical (unpaired) electrons. The topological polar surface area (TPSA) is 61.9 Å². The molecule has 1 N–H and O–H groups in total. The summed E-state index contributed by atoms with van der Waals surface area (Å²) in [4.78, 5) is 27.5. The number of nitrogens with zero attached hydrogens (tertiary/aromatic N) is 2. The first-order valence-electron chi connectivity index (χ1n) is 7.61. The number of hydrogen-bond acceptors (Lipinski definition) is 4. The van der Waals surface area contributed by atoms with Crippen molar-refractivity contribution in [2.24, 2.45) is 0 Å². The molecule has 1 aliphatic rings. The van der Waals surface area contributed by atoms with E-state index in [1.807, 2.05) is 30.0 Å². The van der Waals surface area contributed by atoms with Crippen molar-refractivity contribution in [3.8, 4) is 0 Å².